The van der Waals surface area contributed by atoms with E-state index in [1.165, 1.54) is 4.90 Å². The van der Waals surface area contributed by atoms with Gasteiger partial charge in [0.15, 0.2) is 11.8 Å². The number of Topliss-reactive ketones (excluding diaryl/α,β-unsaturated/α-hetero) is 1. The molecule has 1 fully saturated rings. The molecule has 1 saturated heterocycles. The first kappa shape index (κ1) is 19.9. The second kappa shape index (κ2) is 8.89. The van der Waals surface area contributed by atoms with E-state index in [1.54, 1.807) is 14.0 Å². The fourth-order valence-corrected chi connectivity index (χ4v) is 3.53. The van der Waals surface area contributed by atoms with Crippen LogP contribution in [0.1, 0.15) is 24.2 Å². The van der Waals surface area contributed by atoms with E-state index in [0.29, 0.717) is 0 Å². The average Bonchev–Trinajstić information content (AvgIpc) is 2.73. The molecule has 2 N–H and O–H groups in total. The Labute approximate surface area is 166 Å². The molecule has 0 spiro atoms. The molecule has 0 unspecified atom stereocenters. The third kappa shape index (κ3) is 4.70. The number of rotatable bonds is 6. The lowest BCUT2D eigenvalue weighted by Crippen LogP contribution is -3.19. The van der Waals surface area contributed by atoms with Gasteiger partial charge in [-0.3, -0.25) is 9.59 Å². The number of methoxy groups -OCH3 is 1. The number of nitrogens with zero attached hydrogens (tertiary/aromatic N) is 1. The zero-order chi connectivity index (χ0) is 20.1. The van der Waals surface area contributed by atoms with Crippen LogP contribution in [0.15, 0.2) is 48.5 Å². The monoisotopic (exact) mass is 382 g/mol. The standard InChI is InChI=1S/C22H27N3O3/c1-16(22(27)23-19-5-4-6-21(15-19)28-3)24-11-13-25(14-12-24)20-9-7-18(8-10-20)17(2)26/h4-10,15-16H,11-14H2,1-3H3,(H,23,27)/p+1/t16-/m1/s1. The predicted octanol–water partition coefficient (Wildman–Crippen LogP) is 1.63. The van der Waals surface area contributed by atoms with Crippen molar-refractivity contribution < 1.29 is 19.2 Å². The van der Waals surface area contributed by atoms with Crippen molar-refractivity contribution in [3.05, 3.63) is 54.1 Å². The van der Waals surface area contributed by atoms with Gasteiger partial charge in [0.2, 0.25) is 0 Å². The summed E-state index contributed by atoms with van der Waals surface area (Å²) in [4.78, 5) is 27.6. The highest BCUT2D eigenvalue weighted by Crippen LogP contribution is 2.17. The number of anilines is 2. The Morgan fingerprint density at radius 1 is 1.11 bits per heavy atom. The molecule has 0 aromatic heterocycles. The number of hydrogen-bond acceptors (Lipinski definition) is 4. The molecule has 2 aromatic carbocycles. The number of nitrogens with one attached hydrogen (secondary N) is 2. The number of carbonyl (C=O) groups is 2. The predicted molar refractivity (Wildman–Crippen MR) is 110 cm³/mol. The summed E-state index contributed by atoms with van der Waals surface area (Å²) in [5, 5.41) is 2.99. The van der Waals surface area contributed by atoms with Crippen molar-refractivity contribution in [1.29, 1.82) is 0 Å². The molecule has 1 atom stereocenters. The summed E-state index contributed by atoms with van der Waals surface area (Å²) < 4.78 is 5.21. The van der Waals surface area contributed by atoms with Gasteiger partial charge in [-0.1, -0.05) is 6.07 Å². The van der Waals surface area contributed by atoms with Crippen LogP contribution in [0.4, 0.5) is 11.4 Å². The number of ether oxygens (including phenoxy) is 1. The molecule has 1 aliphatic rings. The smallest absolute Gasteiger partial charge is 0.282 e. The molecule has 0 bridgehead atoms. The Hall–Kier alpha value is -2.86. The summed E-state index contributed by atoms with van der Waals surface area (Å²) in [7, 11) is 1.61. The molecule has 0 saturated carbocycles. The molecule has 0 radical (unpaired) electrons. The second-order valence-electron chi connectivity index (χ2n) is 7.19. The van der Waals surface area contributed by atoms with E-state index < -0.39 is 0 Å². The lowest BCUT2D eigenvalue weighted by molar-refractivity contribution is -0.914. The van der Waals surface area contributed by atoms with Crippen LogP contribution in [0.5, 0.6) is 5.75 Å². The van der Waals surface area contributed by atoms with Gasteiger partial charge in [-0.2, -0.15) is 0 Å². The molecular formula is C22H28N3O3+. The molecule has 3 rings (SSSR count). The van der Waals surface area contributed by atoms with Crippen molar-refractivity contribution in [2.24, 2.45) is 0 Å². The third-order valence-corrected chi connectivity index (χ3v) is 5.39. The van der Waals surface area contributed by atoms with Gasteiger partial charge in [0, 0.05) is 23.0 Å². The first-order valence-electron chi connectivity index (χ1n) is 9.63. The van der Waals surface area contributed by atoms with E-state index in [0.717, 1.165) is 48.9 Å². The van der Waals surface area contributed by atoms with Crippen LogP contribution in [0, 0.1) is 0 Å². The van der Waals surface area contributed by atoms with Gasteiger partial charge in [-0.15, -0.1) is 0 Å². The van der Waals surface area contributed by atoms with Gasteiger partial charge >= 0.3 is 0 Å². The highest BCUT2D eigenvalue weighted by Gasteiger charge is 2.29. The molecule has 1 amide bonds. The van der Waals surface area contributed by atoms with E-state index in [-0.39, 0.29) is 17.7 Å². The number of amides is 1. The highest BCUT2D eigenvalue weighted by atomic mass is 16.5. The minimum Gasteiger partial charge on any atom is -0.497 e. The molecule has 1 aliphatic heterocycles. The summed E-state index contributed by atoms with van der Waals surface area (Å²) in [6.45, 7) is 7.09. The van der Waals surface area contributed by atoms with Crippen LogP contribution < -0.4 is 19.9 Å². The van der Waals surface area contributed by atoms with Crippen LogP contribution in [0.2, 0.25) is 0 Å². The molecule has 0 aliphatic carbocycles. The number of ketones is 1. The number of hydrogen-bond donors (Lipinski definition) is 2. The topological polar surface area (TPSA) is 63.1 Å². The Kier molecular flexibility index (Phi) is 6.31. The van der Waals surface area contributed by atoms with E-state index in [2.05, 4.69) is 10.2 Å². The van der Waals surface area contributed by atoms with Gasteiger partial charge < -0.3 is 19.9 Å². The van der Waals surface area contributed by atoms with Crippen LogP contribution in [0.25, 0.3) is 0 Å². The summed E-state index contributed by atoms with van der Waals surface area (Å²) in [5.74, 6) is 0.821. The molecule has 28 heavy (non-hydrogen) atoms. The molecule has 148 valence electrons. The van der Waals surface area contributed by atoms with Gasteiger partial charge in [-0.25, -0.2) is 0 Å². The maximum atomic E-state index is 12.6. The summed E-state index contributed by atoms with van der Waals surface area (Å²) in [6.07, 6.45) is 0. The first-order chi connectivity index (χ1) is 13.5. The largest absolute Gasteiger partial charge is 0.497 e. The Morgan fingerprint density at radius 2 is 1.79 bits per heavy atom. The fourth-order valence-electron chi connectivity index (χ4n) is 3.53. The highest BCUT2D eigenvalue weighted by molar-refractivity contribution is 5.94. The second-order valence-corrected chi connectivity index (χ2v) is 7.19. The van der Waals surface area contributed by atoms with E-state index in [4.69, 9.17) is 4.74 Å². The lowest BCUT2D eigenvalue weighted by Gasteiger charge is -2.36. The maximum absolute atomic E-state index is 12.6. The summed E-state index contributed by atoms with van der Waals surface area (Å²) >= 11 is 0. The minimum absolute atomic E-state index is 0.0162. The van der Waals surface area contributed by atoms with Gasteiger partial charge in [-0.05, 0) is 50.2 Å². The first-order valence-corrected chi connectivity index (χ1v) is 9.63. The van der Waals surface area contributed by atoms with Crippen molar-refractivity contribution in [3.63, 3.8) is 0 Å². The molecule has 1 heterocycles. The molecule has 6 heteroatoms. The SMILES string of the molecule is COc1cccc(NC(=O)[C@@H](C)[NH+]2CCN(c3ccc(C(C)=O)cc3)CC2)c1. The maximum Gasteiger partial charge on any atom is 0.282 e. The zero-order valence-corrected chi connectivity index (χ0v) is 16.7. The summed E-state index contributed by atoms with van der Waals surface area (Å²) in [5.41, 5.74) is 2.60. The summed E-state index contributed by atoms with van der Waals surface area (Å²) in [6, 6.07) is 15.0. The molecule has 6 nitrogen and oxygen atoms in total. The van der Waals surface area contributed by atoms with Crippen LogP contribution in [-0.2, 0) is 4.79 Å². The number of quaternary nitrogens is 1. The van der Waals surface area contributed by atoms with Crippen molar-refractivity contribution in [2.75, 3.05) is 43.5 Å². The van der Waals surface area contributed by atoms with Crippen molar-refractivity contribution >= 4 is 23.1 Å². The third-order valence-electron chi connectivity index (χ3n) is 5.39. The molecule has 2 aromatic rings. The number of piperazine rings is 1. The number of benzene rings is 2. The fraction of sp³-hybridized carbons (Fsp3) is 0.364. The van der Waals surface area contributed by atoms with E-state index in [9.17, 15) is 9.59 Å². The lowest BCUT2D eigenvalue weighted by atomic mass is 10.1. The van der Waals surface area contributed by atoms with Crippen molar-refractivity contribution in [1.82, 2.24) is 0 Å². The minimum atomic E-state index is -0.131. The Bertz CT molecular complexity index is 827. The zero-order valence-electron chi connectivity index (χ0n) is 16.7. The Morgan fingerprint density at radius 3 is 2.39 bits per heavy atom. The van der Waals surface area contributed by atoms with Gasteiger partial charge in [0.05, 0.1) is 33.3 Å². The van der Waals surface area contributed by atoms with Crippen molar-refractivity contribution in [3.8, 4) is 5.75 Å². The van der Waals surface area contributed by atoms with Crippen molar-refractivity contribution in [2.45, 2.75) is 19.9 Å². The van der Waals surface area contributed by atoms with Gasteiger partial charge in [0.1, 0.15) is 5.75 Å². The average molecular weight is 382 g/mol. The van der Waals surface area contributed by atoms with Crippen LogP contribution >= 0.6 is 0 Å². The molecular weight excluding hydrogens is 354 g/mol. The van der Waals surface area contributed by atoms with Gasteiger partial charge in [0.25, 0.3) is 5.91 Å². The quantitative estimate of drug-likeness (QED) is 0.746. The normalized spacial score (nSPS) is 15.8. The van der Waals surface area contributed by atoms with Crippen LogP contribution in [-0.4, -0.2) is 51.0 Å². The van der Waals surface area contributed by atoms with Crippen LogP contribution in [0.3, 0.4) is 0 Å². The Balaban J connectivity index is 1.54. The van der Waals surface area contributed by atoms with E-state index in [1.807, 2.05) is 55.5 Å². The number of carbonyl (C=O) groups excluding carboxylic acids is 2. The van der Waals surface area contributed by atoms with E-state index >= 15 is 0 Å².